The Morgan fingerprint density at radius 1 is 1.10 bits per heavy atom. The summed E-state index contributed by atoms with van der Waals surface area (Å²) < 4.78 is 6.76. The predicted molar refractivity (Wildman–Crippen MR) is 121 cm³/mol. The summed E-state index contributed by atoms with van der Waals surface area (Å²) in [4.78, 5) is 34.9. The third-order valence-corrected chi connectivity index (χ3v) is 7.19. The van der Waals surface area contributed by atoms with Crippen molar-refractivity contribution >= 4 is 50.8 Å². The molecular formula is C19H16ClN7O2S2. The minimum absolute atomic E-state index is 0.360. The van der Waals surface area contributed by atoms with E-state index in [9.17, 15) is 9.59 Å². The van der Waals surface area contributed by atoms with E-state index in [-0.39, 0.29) is 5.56 Å². The van der Waals surface area contributed by atoms with Gasteiger partial charge in [-0.2, -0.15) is 0 Å². The minimum Gasteiger partial charge on any atom is -0.313 e. The molecule has 0 bridgehead atoms. The molecule has 0 spiro atoms. The van der Waals surface area contributed by atoms with Gasteiger partial charge in [-0.3, -0.25) is 13.9 Å². The number of nitrogens with zero attached hydrogens (tertiary/aromatic N) is 7. The van der Waals surface area contributed by atoms with Crippen LogP contribution >= 0.6 is 34.7 Å². The van der Waals surface area contributed by atoms with Gasteiger partial charge in [0.25, 0.3) is 5.56 Å². The van der Waals surface area contributed by atoms with Crippen LogP contribution in [0.3, 0.4) is 0 Å². The molecule has 12 heteroatoms. The van der Waals surface area contributed by atoms with Crippen LogP contribution in [0, 0.1) is 0 Å². The molecule has 0 fully saturated rings. The van der Waals surface area contributed by atoms with Gasteiger partial charge >= 0.3 is 5.69 Å². The largest absolute Gasteiger partial charge is 0.332 e. The highest BCUT2D eigenvalue weighted by molar-refractivity contribution is 8.01. The van der Waals surface area contributed by atoms with Crippen molar-refractivity contribution < 1.29 is 0 Å². The standard InChI is InChI=1S/C19H16ClN7O2S2/c1-4-26-13-14(24(2)19(29)25(3)15(13)28)22-16(26)30-18-23-27-9-12(21-17(27)31-18)10-5-7-11(20)8-6-10/h5-9H,4H2,1-3H3. The van der Waals surface area contributed by atoms with E-state index in [0.29, 0.717) is 27.9 Å². The van der Waals surface area contributed by atoms with Crippen molar-refractivity contribution in [3.63, 3.8) is 0 Å². The van der Waals surface area contributed by atoms with E-state index in [4.69, 9.17) is 11.6 Å². The van der Waals surface area contributed by atoms with Crippen LogP contribution in [-0.4, -0.2) is 33.3 Å². The fraction of sp³-hybridized carbons (Fsp3) is 0.211. The summed E-state index contributed by atoms with van der Waals surface area (Å²) in [5, 5.41) is 5.88. The number of hydrogen-bond acceptors (Lipinski definition) is 7. The maximum Gasteiger partial charge on any atom is 0.332 e. The Morgan fingerprint density at radius 2 is 1.84 bits per heavy atom. The zero-order chi connectivity index (χ0) is 21.9. The first kappa shape index (κ1) is 20.0. The Kier molecular flexibility index (Phi) is 4.76. The lowest BCUT2D eigenvalue weighted by molar-refractivity contribution is 0.684. The second-order valence-electron chi connectivity index (χ2n) is 6.85. The molecule has 1 aromatic carbocycles. The van der Waals surface area contributed by atoms with Gasteiger partial charge in [0.1, 0.15) is 0 Å². The molecule has 31 heavy (non-hydrogen) atoms. The van der Waals surface area contributed by atoms with Crippen molar-refractivity contribution in [3.05, 3.63) is 56.3 Å². The van der Waals surface area contributed by atoms with Gasteiger partial charge in [-0.15, -0.1) is 5.10 Å². The van der Waals surface area contributed by atoms with E-state index in [1.54, 1.807) is 11.6 Å². The van der Waals surface area contributed by atoms with Gasteiger partial charge < -0.3 is 4.57 Å². The highest BCUT2D eigenvalue weighted by Crippen LogP contribution is 2.33. The summed E-state index contributed by atoms with van der Waals surface area (Å²) in [5.41, 5.74) is 1.77. The fourth-order valence-corrected chi connectivity index (χ4v) is 5.46. The zero-order valence-electron chi connectivity index (χ0n) is 16.7. The van der Waals surface area contributed by atoms with Gasteiger partial charge in [0.2, 0.25) is 4.96 Å². The van der Waals surface area contributed by atoms with E-state index in [1.165, 1.54) is 34.7 Å². The molecular weight excluding hydrogens is 458 g/mol. The molecule has 0 amide bonds. The van der Waals surface area contributed by atoms with Gasteiger partial charge in [-0.1, -0.05) is 35.1 Å². The van der Waals surface area contributed by atoms with Crippen LogP contribution in [0.4, 0.5) is 0 Å². The van der Waals surface area contributed by atoms with Crippen LogP contribution in [0.5, 0.6) is 0 Å². The van der Waals surface area contributed by atoms with E-state index < -0.39 is 5.69 Å². The van der Waals surface area contributed by atoms with Crippen molar-refractivity contribution in [1.82, 2.24) is 33.3 Å². The predicted octanol–water partition coefficient (Wildman–Crippen LogP) is 3.03. The maximum absolute atomic E-state index is 12.7. The first-order valence-electron chi connectivity index (χ1n) is 9.33. The topological polar surface area (TPSA) is 92.0 Å². The Morgan fingerprint density at radius 3 is 2.52 bits per heavy atom. The van der Waals surface area contributed by atoms with Gasteiger partial charge in [0.05, 0.1) is 11.9 Å². The maximum atomic E-state index is 12.7. The molecule has 4 aromatic heterocycles. The molecule has 0 saturated carbocycles. The minimum atomic E-state index is -0.405. The molecule has 9 nitrogen and oxygen atoms in total. The molecule has 0 unspecified atom stereocenters. The van der Waals surface area contributed by atoms with Gasteiger partial charge in [0, 0.05) is 31.2 Å². The summed E-state index contributed by atoms with van der Waals surface area (Å²) in [6, 6.07) is 7.48. The average molecular weight is 474 g/mol. The van der Waals surface area contributed by atoms with Crippen molar-refractivity contribution in [3.8, 4) is 11.3 Å². The van der Waals surface area contributed by atoms with E-state index >= 15 is 0 Å². The summed E-state index contributed by atoms with van der Waals surface area (Å²) in [6.45, 7) is 2.47. The first-order chi connectivity index (χ1) is 14.9. The lowest BCUT2D eigenvalue weighted by atomic mass is 10.2. The van der Waals surface area contributed by atoms with Gasteiger partial charge in [-0.25, -0.2) is 19.3 Å². The number of fused-ring (bicyclic) bond motifs is 2. The normalized spacial score (nSPS) is 11.7. The molecule has 4 heterocycles. The monoisotopic (exact) mass is 473 g/mol. The third-order valence-electron chi connectivity index (χ3n) is 4.97. The SMILES string of the molecule is CCn1c(Sc2nn3cc(-c4ccc(Cl)cc4)nc3s2)nc2c1c(=O)n(C)c(=O)n2C. The third kappa shape index (κ3) is 3.20. The Balaban J connectivity index is 1.55. The summed E-state index contributed by atoms with van der Waals surface area (Å²) in [6.07, 6.45) is 1.86. The summed E-state index contributed by atoms with van der Waals surface area (Å²) in [5.74, 6) is 0. The van der Waals surface area contributed by atoms with E-state index in [0.717, 1.165) is 25.1 Å². The fourth-order valence-electron chi connectivity index (χ4n) is 3.36. The molecule has 5 rings (SSSR count). The van der Waals surface area contributed by atoms with Crippen molar-refractivity contribution in [2.75, 3.05) is 0 Å². The lowest BCUT2D eigenvalue weighted by Crippen LogP contribution is -2.37. The molecule has 5 aromatic rings. The Hall–Kier alpha value is -2.89. The van der Waals surface area contributed by atoms with E-state index in [1.807, 2.05) is 42.0 Å². The van der Waals surface area contributed by atoms with Crippen LogP contribution in [0.15, 0.2) is 49.5 Å². The van der Waals surface area contributed by atoms with Crippen LogP contribution in [0.25, 0.3) is 27.4 Å². The second kappa shape index (κ2) is 7.36. The molecule has 0 saturated heterocycles. The molecule has 0 atom stereocenters. The number of aromatic nitrogens is 7. The molecule has 158 valence electrons. The molecule has 0 aliphatic carbocycles. The zero-order valence-corrected chi connectivity index (χ0v) is 19.1. The number of rotatable bonds is 4. The second-order valence-corrected chi connectivity index (χ2v) is 9.45. The molecule has 0 aliphatic heterocycles. The molecule has 0 N–H and O–H groups in total. The van der Waals surface area contributed by atoms with E-state index in [2.05, 4.69) is 15.1 Å². The highest BCUT2D eigenvalue weighted by atomic mass is 35.5. The van der Waals surface area contributed by atoms with Gasteiger partial charge in [-0.05, 0) is 30.8 Å². The Labute approximate surface area is 188 Å². The number of aryl methyl sites for hydroxylation is 2. The van der Waals surface area contributed by atoms with Crippen molar-refractivity contribution in [2.24, 2.45) is 14.1 Å². The van der Waals surface area contributed by atoms with Crippen molar-refractivity contribution in [1.29, 1.82) is 0 Å². The number of imidazole rings is 2. The van der Waals surface area contributed by atoms with Crippen LogP contribution < -0.4 is 11.2 Å². The number of benzene rings is 1. The average Bonchev–Trinajstić information content (AvgIpc) is 3.42. The van der Waals surface area contributed by atoms with Gasteiger partial charge in [0.15, 0.2) is 20.7 Å². The van der Waals surface area contributed by atoms with Crippen LogP contribution in [-0.2, 0) is 20.6 Å². The van der Waals surface area contributed by atoms with Crippen molar-refractivity contribution in [2.45, 2.75) is 23.0 Å². The highest BCUT2D eigenvalue weighted by Gasteiger charge is 2.20. The van der Waals surface area contributed by atoms with Crippen LogP contribution in [0.2, 0.25) is 5.02 Å². The summed E-state index contributed by atoms with van der Waals surface area (Å²) >= 11 is 8.73. The number of halogens is 1. The number of hydrogen-bond donors (Lipinski definition) is 0. The lowest BCUT2D eigenvalue weighted by Gasteiger charge is -2.05. The van der Waals surface area contributed by atoms with Crippen LogP contribution in [0.1, 0.15) is 6.92 Å². The summed E-state index contributed by atoms with van der Waals surface area (Å²) in [7, 11) is 3.08. The smallest absolute Gasteiger partial charge is 0.313 e. The molecule has 0 radical (unpaired) electrons. The quantitative estimate of drug-likeness (QED) is 0.398. The first-order valence-corrected chi connectivity index (χ1v) is 11.3. The Bertz CT molecular complexity index is 1540. The molecule has 0 aliphatic rings.